The van der Waals surface area contributed by atoms with Crippen molar-refractivity contribution in [3.8, 4) is 0 Å². The molecule has 0 aromatic heterocycles. The maximum absolute atomic E-state index is 14.0. The Morgan fingerprint density at radius 3 is 2.30 bits per heavy atom. The molecule has 3 aromatic rings. The second kappa shape index (κ2) is 8.01. The molecule has 154 valence electrons. The summed E-state index contributed by atoms with van der Waals surface area (Å²) in [6.45, 7) is 1.94. The monoisotopic (exact) mass is 424 g/mol. The standard InChI is InChI=1S/C23H21FN2O3S/c1-16-10-12-19(13-11-16)30(28,29)26-15-18-7-3-2-6-17(18)14-22(26)23(27)25-21-9-5-4-8-20(21)24/h2-13,22H,14-15H2,1H3,(H,25,27)/t22-/m0/s1. The van der Waals surface area contributed by atoms with Crippen molar-refractivity contribution in [3.63, 3.8) is 0 Å². The molecule has 0 spiro atoms. The molecule has 30 heavy (non-hydrogen) atoms. The number of nitrogens with zero attached hydrogens (tertiary/aromatic N) is 1. The van der Waals surface area contributed by atoms with E-state index in [1.807, 2.05) is 31.2 Å². The van der Waals surface area contributed by atoms with Crippen molar-refractivity contribution >= 4 is 21.6 Å². The number of carbonyl (C=O) groups is 1. The van der Waals surface area contributed by atoms with E-state index >= 15 is 0 Å². The van der Waals surface area contributed by atoms with Crippen molar-refractivity contribution < 1.29 is 17.6 Å². The van der Waals surface area contributed by atoms with E-state index in [9.17, 15) is 17.6 Å². The average molecular weight is 424 g/mol. The molecule has 0 saturated heterocycles. The van der Waals surface area contributed by atoms with Crippen LogP contribution < -0.4 is 5.32 Å². The van der Waals surface area contributed by atoms with E-state index in [-0.39, 0.29) is 23.5 Å². The predicted octanol–water partition coefficient (Wildman–Crippen LogP) is 3.89. The Morgan fingerprint density at radius 1 is 0.967 bits per heavy atom. The van der Waals surface area contributed by atoms with Crippen LogP contribution in [0.5, 0.6) is 0 Å². The minimum atomic E-state index is -3.94. The zero-order valence-electron chi connectivity index (χ0n) is 16.4. The number of nitrogens with one attached hydrogen (secondary N) is 1. The van der Waals surface area contributed by atoms with Gasteiger partial charge in [-0.3, -0.25) is 4.79 Å². The van der Waals surface area contributed by atoms with Gasteiger partial charge in [0.05, 0.1) is 10.6 Å². The highest BCUT2D eigenvalue weighted by Crippen LogP contribution is 2.30. The number of halogens is 1. The van der Waals surface area contributed by atoms with Crippen molar-refractivity contribution in [3.05, 3.63) is 95.3 Å². The Balaban J connectivity index is 1.73. The van der Waals surface area contributed by atoms with E-state index in [2.05, 4.69) is 5.32 Å². The third-order valence-corrected chi connectivity index (χ3v) is 7.14. The van der Waals surface area contributed by atoms with Crippen LogP contribution in [0.25, 0.3) is 0 Å². The number of para-hydroxylation sites is 1. The zero-order chi connectivity index (χ0) is 21.3. The normalized spacial score (nSPS) is 16.7. The molecule has 5 nitrogen and oxygen atoms in total. The lowest BCUT2D eigenvalue weighted by Crippen LogP contribution is -2.50. The fourth-order valence-corrected chi connectivity index (χ4v) is 5.16. The Morgan fingerprint density at radius 2 is 1.60 bits per heavy atom. The molecule has 4 rings (SSSR count). The molecule has 0 radical (unpaired) electrons. The first kappa shape index (κ1) is 20.3. The molecule has 1 amide bonds. The molecular formula is C23H21FN2O3S. The molecule has 7 heteroatoms. The number of sulfonamides is 1. The molecule has 1 atom stereocenters. The van der Waals surface area contributed by atoms with Crippen molar-refractivity contribution in [1.82, 2.24) is 4.31 Å². The van der Waals surface area contributed by atoms with E-state index in [1.54, 1.807) is 18.2 Å². The van der Waals surface area contributed by atoms with Crippen LogP contribution in [0, 0.1) is 12.7 Å². The summed E-state index contributed by atoms with van der Waals surface area (Å²) in [5.74, 6) is -1.14. The number of benzene rings is 3. The molecule has 3 aromatic carbocycles. The summed E-state index contributed by atoms with van der Waals surface area (Å²) < 4.78 is 42.1. The van der Waals surface area contributed by atoms with Gasteiger partial charge in [0, 0.05) is 6.54 Å². The lowest BCUT2D eigenvalue weighted by molar-refractivity contribution is -0.120. The first-order valence-corrected chi connectivity index (χ1v) is 11.0. The fourth-order valence-electron chi connectivity index (χ4n) is 3.60. The molecular weight excluding hydrogens is 403 g/mol. The molecule has 1 N–H and O–H groups in total. The van der Waals surface area contributed by atoms with Gasteiger partial charge in [-0.2, -0.15) is 4.31 Å². The minimum absolute atomic E-state index is 0.0223. The molecule has 0 bridgehead atoms. The summed E-state index contributed by atoms with van der Waals surface area (Å²) >= 11 is 0. The van der Waals surface area contributed by atoms with Gasteiger partial charge in [0.15, 0.2) is 0 Å². The smallest absolute Gasteiger partial charge is 0.244 e. The number of carbonyl (C=O) groups excluding carboxylic acids is 1. The van der Waals surface area contributed by atoms with Crippen LogP contribution in [0.15, 0.2) is 77.7 Å². The number of amides is 1. The maximum Gasteiger partial charge on any atom is 0.244 e. The number of rotatable bonds is 4. The molecule has 0 aliphatic carbocycles. The summed E-state index contributed by atoms with van der Waals surface area (Å²) in [7, 11) is -3.94. The molecule has 0 unspecified atom stereocenters. The Hall–Kier alpha value is -3.03. The van der Waals surface area contributed by atoms with E-state index < -0.39 is 27.8 Å². The van der Waals surface area contributed by atoms with Gasteiger partial charge < -0.3 is 5.32 Å². The van der Waals surface area contributed by atoms with Crippen molar-refractivity contribution in [2.75, 3.05) is 5.32 Å². The van der Waals surface area contributed by atoms with Crippen LogP contribution in [-0.2, 0) is 27.8 Å². The third-order valence-electron chi connectivity index (χ3n) is 5.27. The number of aryl methyl sites for hydroxylation is 1. The first-order chi connectivity index (χ1) is 14.4. The van der Waals surface area contributed by atoms with Crippen LogP contribution in [-0.4, -0.2) is 24.7 Å². The van der Waals surface area contributed by atoms with Crippen LogP contribution in [0.1, 0.15) is 16.7 Å². The van der Waals surface area contributed by atoms with Gasteiger partial charge >= 0.3 is 0 Å². The minimum Gasteiger partial charge on any atom is -0.322 e. The predicted molar refractivity (Wildman–Crippen MR) is 113 cm³/mol. The van der Waals surface area contributed by atoms with Crippen molar-refractivity contribution in [1.29, 1.82) is 0 Å². The summed E-state index contributed by atoms with van der Waals surface area (Å²) in [6.07, 6.45) is 0.210. The Bertz CT molecular complexity index is 1190. The Labute approximate surface area is 175 Å². The lowest BCUT2D eigenvalue weighted by Gasteiger charge is -2.35. The van der Waals surface area contributed by atoms with Crippen LogP contribution >= 0.6 is 0 Å². The number of hydrogen-bond donors (Lipinski definition) is 1. The summed E-state index contributed by atoms with van der Waals surface area (Å²) in [6, 6.07) is 18.8. The van der Waals surface area contributed by atoms with Gasteiger partial charge in [0.2, 0.25) is 15.9 Å². The second-order valence-electron chi connectivity index (χ2n) is 7.32. The molecule has 1 aliphatic rings. The lowest BCUT2D eigenvalue weighted by atomic mass is 9.95. The van der Waals surface area contributed by atoms with Crippen LogP contribution in [0.4, 0.5) is 10.1 Å². The first-order valence-electron chi connectivity index (χ1n) is 9.57. The molecule has 1 heterocycles. The topological polar surface area (TPSA) is 66.5 Å². The summed E-state index contributed by atoms with van der Waals surface area (Å²) in [5.41, 5.74) is 2.71. The van der Waals surface area contributed by atoms with Gasteiger partial charge in [-0.05, 0) is 48.7 Å². The van der Waals surface area contributed by atoms with Gasteiger partial charge in [0.25, 0.3) is 0 Å². The maximum atomic E-state index is 14.0. The SMILES string of the molecule is Cc1ccc(S(=O)(=O)N2Cc3ccccc3C[C@H]2C(=O)Nc2ccccc2F)cc1. The van der Waals surface area contributed by atoms with Crippen molar-refractivity contribution in [2.24, 2.45) is 0 Å². The highest BCUT2D eigenvalue weighted by molar-refractivity contribution is 7.89. The number of hydrogen-bond acceptors (Lipinski definition) is 3. The molecule has 0 saturated carbocycles. The van der Waals surface area contributed by atoms with E-state index in [1.165, 1.54) is 34.6 Å². The number of anilines is 1. The van der Waals surface area contributed by atoms with Crippen LogP contribution in [0.3, 0.4) is 0 Å². The Kier molecular flexibility index (Phi) is 5.40. The summed E-state index contributed by atoms with van der Waals surface area (Å²) in [4.78, 5) is 13.2. The largest absolute Gasteiger partial charge is 0.322 e. The van der Waals surface area contributed by atoms with Gasteiger partial charge in [-0.15, -0.1) is 0 Å². The summed E-state index contributed by atoms with van der Waals surface area (Å²) in [5, 5.41) is 2.55. The molecule has 0 fully saturated rings. The van der Waals surface area contributed by atoms with Gasteiger partial charge in [-0.25, -0.2) is 12.8 Å². The average Bonchev–Trinajstić information content (AvgIpc) is 2.74. The van der Waals surface area contributed by atoms with E-state index in [0.717, 1.165) is 16.7 Å². The second-order valence-corrected chi connectivity index (χ2v) is 9.21. The van der Waals surface area contributed by atoms with Gasteiger partial charge in [-0.1, -0.05) is 54.1 Å². The highest BCUT2D eigenvalue weighted by atomic mass is 32.2. The molecule has 1 aliphatic heterocycles. The van der Waals surface area contributed by atoms with E-state index in [0.29, 0.717) is 0 Å². The van der Waals surface area contributed by atoms with Crippen molar-refractivity contribution in [2.45, 2.75) is 30.8 Å². The fraction of sp³-hybridized carbons (Fsp3) is 0.174. The van der Waals surface area contributed by atoms with Crippen LogP contribution in [0.2, 0.25) is 0 Å². The zero-order valence-corrected chi connectivity index (χ0v) is 17.2. The quantitative estimate of drug-likeness (QED) is 0.691. The number of fused-ring (bicyclic) bond motifs is 1. The highest BCUT2D eigenvalue weighted by Gasteiger charge is 2.39. The van der Waals surface area contributed by atoms with Gasteiger partial charge in [0.1, 0.15) is 11.9 Å². The van der Waals surface area contributed by atoms with E-state index in [4.69, 9.17) is 0 Å². The third kappa shape index (κ3) is 3.86.